The van der Waals surface area contributed by atoms with Crippen molar-refractivity contribution >= 4 is 72.9 Å². The number of thioether (sulfide) groups is 1. The van der Waals surface area contributed by atoms with Crippen molar-refractivity contribution in [2.24, 2.45) is 5.16 Å². The van der Waals surface area contributed by atoms with Crippen LogP contribution in [0, 0.1) is 0 Å². The number of amides is 2. The minimum atomic E-state index is -5.45. The molecule has 18 nitrogen and oxygen atoms in total. The topological polar surface area (TPSA) is 289 Å². The molecule has 0 radical (unpaired) electrons. The molecule has 0 aliphatic carbocycles. The van der Waals surface area contributed by atoms with Crippen molar-refractivity contribution in [2.75, 3.05) is 19.5 Å². The van der Waals surface area contributed by atoms with Gasteiger partial charge in [-0.3, -0.25) is 28.4 Å². The van der Waals surface area contributed by atoms with Crippen molar-refractivity contribution in [3.63, 3.8) is 0 Å². The average molecular weight is 629 g/mol. The lowest BCUT2D eigenvalue weighted by Gasteiger charge is -2.46. The number of fused-ring (bicyclic) bond motifs is 1. The van der Waals surface area contributed by atoms with Gasteiger partial charge in [-0.2, -0.15) is 0 Å². The number of carbonyl (C=O) groups excluding carboxylic acids is 3. The summed E-state index contributed by atoms with van der Waals surface area (Å²) in [6, 6.07) is 0. The maximum Gasteiger partial charge on any atom is 0.352 e. The zero-order valence-corrected chi connectivity index (χ0v) is 23.0. The van der Waals surface area contributed by atoms with Crippen LogP contribution in [0.1, 0.15) is 18.5 Å². The number of nitrogens with zero attached hydrogens (tertiary/aromatic N) is 3. The zero-order valence-electron chi connectivity index (χ0n) is 19.6. The average Bonchev–Trinajstić information content (AvgIpc) is 3.23. The molecule has 2 aliphatic rings. The lowest BCUT2D eigenvalue weighted by atomic mass is 10.1. The Kier molecular flexibility index (Phi) is 9.24. The summed E-state index contributed by atoms with van der Waals surface area (Å²) in [5.74, 6) is -4.58. The first-order valence-corrected chi connectivity index (χ1v) is 15.6. The predicted octanol–water partition coefficient (Wildman–Crippen LogP) is -1.22. The second-order valence-corrected chi connectivity index (χ2v) is 14.0. The molecule has 1 fully saturated rings. The van der Waals surface area contributed by atoms with Gasteiger partial charge in [-0.25, -0.2) is 9.78 Å². The number of hydrogen-bond acceptors (Lipinski definition) is 13. The molecule has 39 heavy (non-hydrogen) atoms. The van der Waals surface area contributed by atoms with E-state index in [0.29, 0.717) is 0 Å². The number of carboxylic acid groups (broad SMARTS) is 1. The molecule has 214 valence electrons. The summed E-state index contributed by atoms with van der Waals surface area (Å²) < 4.78 is 27.8. The number of β-lactam (4-membered cyclic amide) rings is 1. The van der Waals surface area contributed by atoms with E-state index >= 15 is 0 Å². The molecule has 2 aliphatic heterocycles. The summed E-state index contributed by atoms with van der Waals surface area (Å²) in [6.07, 6.45) is -1.47. The number of aromatic nitrogens is 1. The minimum Gasteiger partial charge on any atom is -0.477 e. The van der Waals surface area contributed by atoms with Gasteiger partial charge in [0.25, 0.3) is 5.91 Å². The van der Waals surface area contributed by atoms with Gasteiger partial charge in [-0.05, 0) is 0 Å². The molecule has 0 aromatic carbocycles. The van der Waals surface area contributed by atoms with Crippen LogP contribution in [0.2, 0.25) is 0 Å². The molecule has 3 rings (SSSR count). The number of ether oxygens (including phenoxy) is 1. The molecule has 8 N–H and O–H groups in total. The maximum atomic E-state index is 13.1. The molecule has 1 saturated heterocycles. The van der Waals surface area contributed by atoms with Crippen molar-refractivity contribution in [1.82, 2.24) is 15.2 Å². The summed E-state index contributed by atoms with van der Waals surface area (Å²) in [4.78, 5) is 96.0. The minimum absolute atomic E-state index is 0.0365. The van der Waals surface area contributed by atoms with Crippen molar-refractivity contribution in [3.8, 4) is 0 Å². The SMILES string of the molecule is CO/N=C(\C(=O)NC1S[C@@H]2CC(=O)N2C(C(=O)O)=C1COC(=O)CC(P(=O)(O)O)P(=O)(O)O)c1csc(N)n1. The molecule has 1 unspecified atom stereocenters. The van der Waals surface area contributed by atoms with Crippen LogP contribution < -0.4 is 11.1 Å². The van der Waals surface area contributed by atoms with Crippen molar-refractivity contribution < 1.29 is 62.6 Å². The van der Waals surface area contributed by atoms with Gasteiger partial charge in [-0.15, -0.1) is 23.1 Å². The fraction of sp³-hybridized carbons (Fsp3) is 0.412. The summed E-state index contributed by atoms with van der Waals surface area (Å²) in [5.41, 5.74) is 4.38. The first kappa shape index (κ1) is 30.7. The Hall–Kier alpha value is -2.83. The number of carbonyl (C=O) groups is 4. The molecule has 0 bridgehead atoms. The number of nitrogens with one attached hydrogen (secondary N) is 1. The van der Waals surface area contributed by atoms with Crippen LogP contribution in [0.15, 0.2) is 21.8 Å². The van der Waals surface area contributed by atoms with Crippen LogP contribution in [-0.2, 0) is 37.9 Å². The van der Waals surface area contributed by atoms with Crippen molar-refractivity contribution in [2.45, 2.75) is 29.0 Å². The summed E-state index contributed by atoms with van der Waals surface area (Å²) >= 11 is 1.93. The van der Waals surface area contributed by atoms with E-state index < -0.39 is 73.8 Å². The summed E-state index contributed by atoms with van der Waals surface area (Å²) in [5, 5.41) is 12.8. The molecule has 2 amide bonds. The molecule has 22 heteroatoms. The molecule has 3 heterocycles. The highest BCUT2D eigenvalue weighted by molar-refractivity contribution is 8.00. The number of nitrogens with two attached hydrogens (primary N) is 1. The third-order valence-corrected chi connectivity index (χ3v) is 11.0. The van der Waals surface area contributed by atoms with Gasteiger partial charge in [0.1, 0.15) is 30.5 Å². The maximum absolute atomic E-state index is 13.1. The number of carboxylic acids is 1. The van der Waals surface area contributed by atoms with Gasteiger partial charge in [0.05, 0.1) is 18.2 Å². The second kappa shape index (κ2) is 11.7. The largest absolute Gasteiger partial charge is 0.477 e. The molecule has 0 spiro atoms. The van der Waals surface area contributed by atoms with Crippen LogP contribution in [-0.4, -0.2) is 93.9 Å². The van der Waals surface area contributed by atoms with E-state index in [9.17, 15) is 53.0 Å². The Morgan fingerprint density at radius 1 is 1.28 bits per heavy atom. The van der Waals surface area contributed by atoms with Crippen LogP contribution in [0.3, 0.4) is 0 Å². The van der Waals surface area contributed by atoms with E-state index in [-0.39, 0.29) is 28.5 Å². The quantitative estimate of drug-likeness (QED) is 0.0496. The Balaban J connectivity index is 1.90. The van der Waals surface area contributed by atoms with Crippen LogP contribution in [0.25, 0.3) is 0 Å². The lowest BCUT2D eigenvalue weighted by Crippen LogP contribution is -2.58. The fourth-order valence-corrected chi connectivity index (χ4v) is 7.77. The summed E-state index contributed by atoms with van der Waals surface area (Å²) in [7, 11) is -9.74. The van der Waals surface area contributed by atoms with Crippen molar-refractivity contribution in [3.05, 3.63) is 22.3 Å². The number of esters is 1. The number of thiazole rings is 1. The highest BCUT2D eigenvalue weighted by Gasteiger charge is 2.50. The van der Waals surface area contributed by atoms with E-state index in [0.717, 1.165) is 35.1 Å². The van der Waals surface area contributed by atoms with Gasteiger partial charge in [-0.1, -0.05) is 5.16 Å². The van der Waals surface area contributed by atoms with E-state index in [1.54, 1.807) is 0 Å². The van der Waals surface area contributed by atoms with Crippen LogP contribution >= 0.6 is 38.3 Å². The Bertz CT molecular complexity index is 1330. The molecule has 1 aromatic rings. The van der Waals surface area contributed by atoms with Gasteiger partial charge in [0, 0.05) is 11.0 Å². The monoisotopic (exact) mass is 629 g/mol. The van der Waals surface area contributed by atoms with Crippen LogP contribution in [0.5, 0.6) is 0 Å². The van der Waals surface area contributed by atoms with Crippen LogP contribution in [0.4, 0.5) is 5.13 Å². The van der Waals surface area contributed by atoms with Gasteiger partial charge in [0.2, 0.25) is 5.91 Å². The summed E-state index contributed by atoms with van der Waals surface area (Å²) in [6.45, 7) is -0.926. The number of nitrogen functional groups attached to an aromatic ring is 1. The second-order valence-electron chi connectivity index (χ2n) is 7.81. The first-order chi connectivity index (χ1) is 18.0. The third-order valence-electron chi connectivity index (χ3n) is 5.20. The van der Waals surface area contributed by atoms with E-state index in [1.165, 1.54) is 5.38 Å². The Labute approximate surface area is 226 Å². The number of anilines is 1. The first-order valence-electron chi connectivity index (χ1n) is 10.4. The highest BCUT2D eigenvalue weighted by Crippen LogP contribution is 2.61. The molecule has 0 saturated carbocycles. The Morgan fingerprint density at radius 2 is 1.92 bits per heavy atom. The fourth-order valence-electron chi connectivity index (χ4n) is 3.47. The zero-order chi connectivity index (χ0) is 29.3. The number of rotatable bonds is 11. The van der Waals surface area contributed by atoms with E-state index in [4.69, 9.17) is 10.5 Å². The third kappa shape index (κ3) is 7.03. The molecule has 2 atom stereocenters. The standard InChI is InChI=1S/C17H21N5O13P2S2/c1-34-21-12(7-5-38-17(18)19-7)14(25)20-15-6(13(16(26)27)22-8(23)2-9(22)39-15)4-35-10(24)3-11(36(28,29)30)37(31,32)33/h5,9,11,15H,2-4H2,1H3,(H2,18,19)(H,20,25)(H,26,27)(H2,28,29,30)(H2,31,32,33)/b21-12-/t9-,15?/m1/s1. The normalized spacial score (nSPS) is 19.9. The predicted molar refractivity (Wildman–Crippen MR) is 133 cm³/mol. The smallest absolute Gasteiger partial charge is 0.352 e. The molecular weight excluding hydrogens is 608 g/mol. The Morgan fingerprint density at radius 3 is 2.41 bits per heavy atom. The highest BCUT2D eigenvalue weighted by atomic mass is 32.2. The lowest BCUT2D eigenvalue weighted by molar-refractivity contribution is -0.147. The van der Waals surface area contributed by atoms with E-state index in [1.807, 2.05) is 0 Å². The van der Waals surface area contributed by atoms with E-state index in [2.05, 4.69) is 20.3 Å². The number of oxime groups is 1. The number of aliphatic carboxylic acids is 1. The molecular formula is C17H21N5O13P2S2. The van der Waals surface area contributed by atoms with Gasteiger partial charge in [0.15, 0.2) is 16.2 Å². The number of hydrogen-bond donors (Lipinski definition) is 7. The van der Waals surface area contributed by atoms with Gasteiger partial charge < -0.3 is 45.3 Å². The van der Waals surface area contributed by atoms with Crippen molar-refractivity contribution in [1.29, 1.82) is 0 Å². The molecule has 1 aromatic heterocycles. The van der Waals surface area contributed by atoms with Gasteiger partial charge >= 0.3 is 27.1 Å².